The molecule has 0 spiro atoms. The van der Waals surface area contributed by atoms with E-state index < -0.39 is 5.97 Å². The number of anilines is 1. The van der Waals surface area contributed by atoms with Gasteiger partial charge in [-0.2, -0.15) is 5.26 Å². The van der Waals surface area contributed by atoms with Gasteiger partial charge in [-0.05, 0) is 25.5 Å². The Bertz CT molecular complexity index is 538. The number of aromatic nitrogens is 1. The second kappa shape index (κ2) is 6.35. The fourth-order valence-corrected chi connectivity index (χ4v) is 2.40. The normalized spacial score (nSPS) is 16.5. The van der Waals surface area contributed by atoms with E-state index in [9.17, 15) is 10.1 Å². The molecule has 0 saturated carbocycles. The lowest BCUT2D eigenvalue weighted by Crippen LogP contribution is -2.34. The zero-order chi connectivity index (χ0) is 14.5. The third kappa shape index (κ3) is 3.45. The Balaban J connectivity index is 2.13. The van der Waals surface area contributed by atoms with Gasteiger partial charge < -0.3 is 10.0 Å². The van der Waals surface area contributed by atoms with Crippen molar-refractivity contribution in [2.45, 2.75) is 13.3 Å². The maximum Gasteiger partial charge on any atom is 0.317 e. The molecule has 1 aliphatic heterocycles. The van der Waals surface area contributed by atoms with Gasteiger partial charge in [-0.25, -0.2) is 4.98 Å². The summed E-state index contributed by atoms with van der Waals surface area (Å²) in [4.78, 5) is 19.2. The third-order valence-electron chi connectivity index (χ3n) is 3.38. The third-order valence-corrected chi connectivity index (χ3v) is 3.38. The summed E-state index contributed by atoms with van der Waals surface area (Å²) >= 11 is 0. The van der Waals surface area contributed by atoms with Gasteiger partial charge in [0.25, 0.3) is 0 Å². The van der Waals surface area contributed by atoms with E-state index >= 15 is 0 Å². The van der Waals surface area contributed by atoms with Crippen molar-refractivity contribution in [3.8, 4) is 6.07 Å². The van der Waals surface area contributed by atoms with Crippen LogP contribution in [-0.2, 0) is 4.79 Å². The minimum atomic E-state index is -0.801. The second-order valence-electron chi connectivity index (χ2n) is 4.95. The largest absolute Gasteiger partial charge is 0.480 e. The number of aliphatic carboxylic acids is 1. The first-order chi connectivity index (χ1) is 9.60. The lowest BCUT2D eigenvalue weighted by Gasteiger charge is -2.23. The van der Waals surface area contributed by atoms with Crippen LogP contribution in [0.4, 0.5) is 5.82 Å². The van der Waals surface area contributed by atoms with Crippen LogP contribution in [0.25, 0.3) is 0 Å². The van der Waals surface area contributed by atoms with E-state index in [4.69, 9.17) is 5.11 Å². The molecule has 106 valence electrons. The van der Waals surface area contributed by atoms with Gasteiger partial charge in [0.2, 0.25) is 0 Å². The van der Waals surface area contributed by atoms with Crippen molar-refractivity contribution in [3.05, 3.63) is 23.4 Å². The van der Waals surface area contributed by atoms with Crippen molar-refractivity contribution in [3.63, 3.8) is 0 Å². The summed E-state index contributed by atoms with van der Waals surface area (Å²) in [6.45, 7) is 4.89. The summed E-state index contributed by atoms with van der Waals surface area (Å²) in [6, 6.07) is 5.79. The van der Waals surface area contributed by atoms with Crippen molar-refractivity contribution >= 4 is 11.8 Å². The highest BCUT2D eigenvalue weighted by Gasteiger charge is 2.19. The van der Waals surface area contributed by atoms with E-state index in [1.807, 2.05) is 17.9 Å². The number of pyridine rings is 1. The Morgan fingerprint density at radius 1 is 1.40 bits per heavy atom. The molecule has 1 N–H and O–H groups in total. The van der Waals surface area contributed by atoms with Crippen LogP contribution in [0, 0.1) is 18.3 Å². The Labute approximate surface area is 118 Å². The number of hydrogen-bond donors (Lipinski definition) is 1. The summed E-state index contributed by atoms with van der Waals surface area (Å²) in [6.07, 6.45) is 0.869. The standard InChI is InChI=1S/C14H18N4O2/c1-11-3-4-12(9-15)14(16-11)18-6-2-5-17(7-8-18)10-13(19)20/h3-4H,2,5-8,10H2,1H3,(H,19,20). The number of aryl methyl sites for hydroxylation is 1. The number of carboxylic acids is 1. The predicted octanol–water partition coefficient (Wildman–Crippen LogP) is 0.858. The molecule has 2 rings (SSSR count). The van der Waals surface area contributed by atoms with E-state index in [0.717, 1.165) is 25.2 Å². The number of nitriles is 1. The van der Waals surface area contributed by atoms with Crippen LogP contribution >= 0.6 is 0 Å². The molecule has 1 aromatic rings. The average molecular weight is 274 g/mol. The molecule has 1 aromatic heterocycles. The molecular weight excluding hydrogens is 256 g/mol. The highest BCUT2D eigenvalue weighted by molar-refractivity contribution is 5.69. The van der Waals surface area contributed by atoms with Gasteiger partial charge in [-0.1, -0.05) is 0 Å². The minimum absolute atomic E-state index is 0.0696. The van der Waals surface area contributed by atoms with Crippen molar-refractivity contribution in [1.82, 2.24) is 9.88 Å². The Morgan fingerprint density at radius 2 is 2.20 bits per heavy atom. The lowest BCUT2D eigenvalue weighted by atomic mass is 10.2. The van der Waals surface area contributed by atoms with Gasteiger partial charge in [0, 0.05) is 31.9 Å². The first-order valence-corrected chi connectivity index (χ1v) is 6.67. The van der Waals surface area contributed by atoms with Gasteiger partial charge in [-0.15, -0.1) is 0 Å². The van der Waals surface area contributed by atoms with Gasteiger partial charge in [0.1, 0.15) is 11.9 Å². The molecule has 0 radical (unpaired) electrons. The molecule has 0 aliphatic carbocycles. The van der Waals surface area contributed by atoms with Gasteiger partial charge >= 0.3 is 5.97 Å². The molecule has 20 heavy (non-hydrogen) atoms. The molecule has 0 aromatic carbocycles. The van der Waals surface area contributed by atoms with E-state index in [1.54, 1.807) is 6.07 Å². The molecule has 0 atom stereocenters. The maximum absolute atomic E-state index is 10.8. The monoisotopic (exact) mass is 274 g/mol. The van der Waals surface area contributed by atoms with E-state index in [2.05, 4.69) is 16.0 Å². The fourth-order valence-electron chi connectivity index (χ4n) is 2.40. The Hall–Kier alpha value is -2.13. The summed E-state index contributed by atoms with van der Waals surface area (Å²) in [7, 11) is 0. The number of rotatable bonds is 3. The van der Waals surface area contributed by atoms with E-state index in [1.165, 1.54) is 0 Å². The zero-order valence-electron chi connectivity index (χ0n) is 11.5. The van der Waals surface area contributed by atoms with E-state index in [0.29, 0.717) is 24.5 Å². The van der Waals surface area contributed by atoms with Crippen LogP contribution in [0.3, 0.4) is 0 Å². The van der Waals surface area contributed by atoms with Crippen LogP contribution in [0.1, 0.15) is 17.7 Å². The SMILES string of the molecule is Cc1ccc(C#N)c(N2CCCN(CC(=O)O)CC2)n1. The minimum Gasteiger partial charge on any atom is -0.480 e. The molecule has 1 fully saturated rings. The summed E-state index contributed by atoms with van der Waals surface area (Å²) in [5.41, 5.74) is 1.45. The van der Waals surface area contributed by atoms with Crippen molar-refractivity contribution < 1.29 is 9.90 Å². The summed E-state index contributed by atoms with van der Waals surface area (Å²) in [5.74, 6) is -0.0884. The van der Waals surface area contributed by atoms with Crippen LogP contribution < -0.4 is 4.90 Å². The summed E-state index contributed by atoms with van der Waals surface area (Å²) < 4.78 is 0. The van der Waals surface area contributed by atoms with Crippen molar-refractivity contribution in [1.29, 1.82) is 5.26 Å². The number of carbonyl (C=O) groups is 1. The van der Waals surface area contributed by atoms with Crippen LogP contribution in [0.5, 0.6) is 0 Å². The fraction of sp³-hybridized carbons (Fsp3) is 0.500. The van der Waals surface area contributed by atoms with Crippen molar-refractivity contribution in [2.24, 2.45) is 0 Å². The zero-order valence-corrected chi connectivity index (χ0v) is 11.5. The first kappa shape index (κ1) is 14.3. The summed E-state index contributed by atoms with van der Waals surface area (Å²) in [5, 5.41) is 18.0. The second-order valence-corrected chi connectivity index (χ2v) is 4.95. The van der Waals surface area contributed by atoms with Crippen LogP contribution in [-0.4, -0.2) is 53.7 Å². The lowest BCUT2D eigenvalue weighted by molar-refractivity contribution is -0.138. The van der Waals surface area contributed by atoms with E-state index in [-0.39, 0.29) is 6.54 Å². The van der Waals surface area contributed by atoms with Gasteiger partial charge in [0.15, 0.2) is 0 Å². The molecule has 2 heterocycles. The molecule has 1 aliphatic rings. The highest BCUT2D eigenvalue weighted by atomic mass is 16.4. The molecule has 0 bridgehead atoms. The number of nitrogens with zero attached hydrogens (tertiary/aromatic N) is 4. The maximum atomic E-state index is 10.8. The highest BCUT2D eigenvalue weighted by Crippen LogP contribution is 2.19. The van der Waals surface area contributed by atoms with Crippen LogP contribution in [0.15, 0.2) is 12.1 Å². The smallest absolute Gasteiger partial charge is 0.317 e. The van der Waals surface area contributed by atoms with Crippen LogP contribution in [0.2, 0.25) is 0 Å². The Kier molecular flexibility index (Phi) is 4.53. The topological polar surface area (TPSA) is 80.5 Å². The molecule has 6 heteroatoms. The molecular formula is C14H18N4O2. The van der Waals surface area contributed by atoms with Gasteiger partial charge in [0.05, 0.1) is 12.1 Å². The molecule has 0 amide bonds. The molecule has 0 unspecified atom stereocenters. The van der Waals surface area contributed by atoms with Crippen molar-refractivity contribution in [2.75, 3.05) is 37.6 Å². The molecule has 6 nitrogen and oxygen atoms in total. The molecule has 1 saturated heterocycles. The predicted molar refractivity (Wildman–Crippen MR) is 74.6 cm³/mol. The number of carboxylic acid groups (broad SMARTS) is 1. The first-order valence-electron chi connectivity index (χ1n) is 6.67. The Morgan fingerprint density at radius 3 is 2.90 bits per heavy atom. The quantitative estimate of drug-likeness (QED) is 0.880. The number of hydrogen-bond acceptors (Lipinski definition) is 5. The average Bonchev–Trinajstić information content (AvgIpc) is 2.63. The van der Waals surface area contributed by atoms with Gasteiger partial charge in [-0.3, -0.25) is 9.69 Å².